The molecular weight excluding hydrogens is 250 g/mol. The van der Waals surface area contributed by atoms with Crippen molar-refractivity contribution >= 4 is 0 Å². The molecule has 1 aliphatic rings. The fraction of sp³-hybridized carbons (Fsp3) is 0.294. The number of benzene rings is 2. The standard InChI is InChI=1S/C17H19NO2/c1-2-20-16-9-5-8-15(17(16)19)12-18-10-13-6-3-4-7-14(13)11-18/h3-9,19H,2,10-12H2,1H3. The van der Waals surface area contributed by atoms with Crippen molar-refractivity contribution in [1.82, 2.24) is 4.90 Å². The number of hydrogen-bond donors (Lipinski definition) is 1. The summed E-state index contributed by atoms with van der Waals surface area (Å²) in [6, 6.07) is 14.2. The molecule has 1 N–H and O–H groups in total. The number of ether oxygens (including phenoxy) is 1. The van der Waals surface area contributed by atoms with Crippen molar-refractivity contribution < 1.29 is 9.84 Å². The highest BCUT2D eigenvalue weighted by atomic mass is 16.5. The Morgan fingerprint density at radius 1 is 1.05 bits per heavy atom. The van der Waals surface area contributed by atoms with Crippen LogP contribution in [0.4, 0.5) is 0 Å². The van der Waals surface area contributed by atoms with Gasteiger partial charge in [0.25, 0.3) is 0 Å². The van der Waals surface area contributed by atoms with Crippen LogP contribution < -0.4 is 4.74 Å². The molecule has 0 aromatic heterocycles. The van der Waals surface area contributed by atoms with Crippen LogP contribution in [0, 0.1) is 0 Å². The molecule has 0 atom stereocenters. The quantitative estimate of drug-likeness (QED) is 0.924. The summed E-state index contributed by atoms with van der Waals surface area (Å²) in [6.45, 7) is 5.10. The highest BCUT2D eigenvalue weighted by molar-refractivity contribution is 5.45. The first-order valence-corrected chi connectivity index (χ1v) is 7.00. The van der Waals surface area contributed by atoms with Crippen molar-refractivity contribution in [3.8, 4) is 11.5 Å². The molecule has 2 aromatic carbocycles. The molecule has 0 spiro atoms. The molecule has 104 valence electrons. The van der Waals surface area contributed by atoms with E-state index in [1.165, 1.54) is 11.1 Å². The molecule has 0 amide bonds. The number of fused-ring (bicyclic) bond motifs is 1. The second-order valence-electron chi connectivity index (χ2n) is 5.11. The van der Waals surface area contributed by atoms with E-state index in [2.05, 4.69) is 29.2 Å². The minimum absolute atomic E-state index is 0.269. The Kier molecular flexibility index (Phi) is 3.61. The Labute approximate surface area is 119 Å². The molecule has 3 heteroatoms. The molecule has 3 rings (SSSR count). The average molecular weight is 269 g/mol. The van der Waals surface area contributed by atoms with Crippen LogP contribution in [-0.2, 0) is 19.6 Å². The molecule has 2 aromatic rings. The molecule has 0 bridgehead atoms. The minimum Gasteiger partial charge on any atom is -0.504 e. The lowest BCUT2D eigenvalue weighted by atomic mass is 10.1. The lowest BCUT2D eigenvalue weighted by molar-refractivity contribution is 0.266. The molecule has 0 radical (unpaired) electrons. The van der Waals surface area contributed by atoms with E-state index in [4.69, 9.17) is 4.74 Å². The Morgan fingerprint density at radius 3 is 2.40 bits per heavy atom. The van der Waals surface area contributed by atoms with E-state index in [1.54, 1.807) is 6.07 Å². The van der Waals surface area contributed by atoms with E-state index in [0.29, 0.717) is 12.4 Å². The van der Waals surface area contributed by atoms with Gasteiger partial charge in [-0.2, -0.15) is 0 Å². The van der Waals surface area contributed by atoms with Gasteiger partial charge in [0.2, 0.25) is 0 Å². The first-order valence-electron chi connectivity index (χ1n) is 7.00. The Balaban J connectivity index is 1.75. The molecule has 0 fully saturated rings. The third-order valence-corrected chi connectivity index (χ3v) is 3.68. The number of para-hydroxylation sites is 1. The number of phenols is 1. The fourth-order valence-electron chi connectivity index (χ4n) is 2.72. The predicted molar refractivity (Wildman–Crippen MR) is 78.7 cm³/mol. The normalized spacial score (nSPS) is 14.2. The van der Waals surface area contributed by atoms with Crippen LogP contribution in [0.3, 0.4) is 0 Å². The van der Waals surface area contributed by atoms with Gasteiger partial charge in [0.1, 0.15) is 0 Å². The predicted octanol–water partition coefficient (Wildman–Crippen LogP) is 3.31. The van der Waals surface area contributed by atoms with Crippen molar-refractivity contribution in [2.24, 2.45) is 0 Å². The average Bonchev–Trinajstić information content (AvgIpc) is 2.86. The second-order valence-corrected chi connectivity index (χ2v) is 5.11. The van der Waals surface area contributed by atoms with E-state index in [1.807, 2.05) is 19.1 Å². The molecule has 3 nitrogen and oxygen atoms in total. The van der Waals surface area contributed by atoms with Gasteiger partial charge in [-0.1, -0.05) is 36.4 Å². The van der Waals surface area contributed by atoms with Crippen LogP contribution in [-0.4, -0.2) is 16.6 Å². The first kappa shape index (κ1) is 13.0. The van der Waals surface area contributed by atoms with Crippen LogP contribution in [0.25, 0.3) is 0 Å². The number of rotatable bonds is 4. The summed E-state index contributed by atoms with van der Waals surface area (Å²) >= 11 is 0. The van der Waals surface area contributed by atoms with Crippen LogP contribution in [0.15, 0.2) is 42.5 Å². The maximum Gasteiger partial charge on any atom is 0.162 e. The van der Waals surface area contributed by atoms with Gasteiger partial charge >= 0.3 is 0 Å². The fourth-order valence-corrected chi connectivity index (χ4v) is 2.72. The summed E-state index contributed by atoms with van der Waals surface area (Å²) < 4.78 is 5.44. The van der Waals surface area contributed by atoms with E-state index in [9.17, 15) is 5.11 Å². The molecule has 0 saturated heterocycles. The van der Waals surface area contributed by atoms with Gasteiger partial charge in [0, 0.05) is 25.2 Å². The molecule has 1 aliphatic heterocycles. The zero-order valence-corrected chi connectivity index (χ0v) is 11.7. The van der Waals surface area contributed by atoms with E-state index in [0.717, 1.165) is 25.2 Å². The summed E-state index contributed by atoms with van der Waals surface area (Å²) in [5, 5.41) is 10.2. The summed E-state index contributed by atoms with van der Waals surface area (Å²) in [5.74, 6) is 0.840. The zero-order valence-electron chi connectivity index (χ0n) is 11.7. The van der Waals surface area contributed by atoms with Gasteiger partial charge in [-0.25, -0.2) is 0 Å². The first-order chi connectivity index (χ1) is 9.78. The van der Waals surface area contributed by atoms with E-state index >= 15 is 0 Å². The topological polar surface area (TPSA) is 32.7 Å². The highest BCUT2D eigenvalue weighted by Crippen LogP contribution is 2.32. The molecule has 0 unspecified atom stereocenters. The van der Waals surface area contributed by atoms with Crippen LogP contribution >= 0.6 is 0 Å². The summed E-state index contributed by atoms with van der Waals surface area (Å²) in [5.41, 5.74) is 3.68. The second kappa shape index (κ2) is 5.55. The number of nitrogens with zero attached hydrogens (tertiary/aromatic N) is 1. The summed E-state index contributed by atoms with van der Waals surface area (Å²) in [6.07, 6.45) is 0. The molecule has 0 saturated carbocycles. The van der Waals surface area contributed by atoms with Gasteiger partial charge in [-0.15, -0.1) is 0 Å². The molecular formula is C17H19NO2. The maximum atomic E-state index is 10.2. The van der Waals surface area contributed by atoms with Crippen LogP contribution in [0.5, 0.6) is 11.5 Å². The summed E-state index contributed by atoms with van der Waals surface area (Å²) in [4.78, 5) is 2.33. The van der Waals surface area contributed by atoms with Crippen molar-refractivity contribution in [3.63, 3.8) is 0 Å². The van der Waals surface area contributed by atoms with Crippen molar-refractivity contribution in [2.45, 2.75) is 26.6 Å². The number of phenolic OH excluding ortho intramolecular Hbond substituents is 1. The van der Waals surface area contributed by atoms with Gasteiger partial charge in [-0.05, 0) is 24.1 Å². The Hall–Kier alpha value is -2.00. The van der Waals surface area contributed by atoms with E-state index < -0.39 is 0 Å². The molecule has 20 heavy (non-hydrogen) atoms. The zero-order chi connectivity index (χ0) is 13.9. The lowest BCUT2D eigenvalue weighted by Crippen LogP contribution is -2.15. The summed E-state index contributed by atoms with van der Waals surface area (Å²) in [7, 11) is 0. The number of hydrogen-bond acceptors (Lipinski definition) is 3. The molecule has 0 aliphatic carbocycles. The molecule has 1 heterocycles. The van der Waals surface area contributed by atoms with Crippen molar-refractivity contribution in [3.05, 3.63) is 59.2 Å². The monoisotopic (exact) mass is 269 g/mol. The Bertz CT molecular complexity index is 585. The van der Waals surface area contributed by atoms with Gasteiger partial charge in [-0.3, -0.25) is 4.90 Å². The van der Waals surface area contributed by atoms with Gasteiger partial charge < -0.3 is 9.84 Å². The van der Waals surface area contributed by atoms with Gasteiger partial charge in [0.15, 0.2) is 11.5 Å². The maximum absolute atomic E-state index is 10.2. The smallest absolute Gasteiger partial charge is 0.162 e. The van der Waals surface area contributed by atoms with Gasteiger partial charge in [0.05, 0.1) is 6.61 Å². The third kappa shape index (κ3) is 2.49. The van der Waals surface area contributed by atoms with E-state index in [-0.39, 0.29) is 5.75 Å². The van der Waals surface area contributed by atoms with Crippen LogP contribution in [0.1, 0.15) is 23.6 Å². The largest absolute Gasteiger partial charge is 0.504 e. The van der Waals surface area contributed by atoms with Crippen molar-refractivity contribution in [1.29, 1.82) is 0 Å². The van der Waals surface area contributed by atoms with Crippen molar-refractivity contribution in [2.75, 3.05) is 6.61 Å². The van der Waals surface area contributed by atoms with Crippen LogP contribution in [0.2, 0.25) is 0 Å². The number of aromatic hydroxyl groups is 1. The SMILES string of the molecule is CCOc1cccc(CN2Cc3ccccc3C2)c1O. The highest BCUT2D eigenvalue weighted by Gasteiger charge is 2.19. The Morgan fingerprint density at radius 2 is 1.75 bits per heavy atom. The lowest BCUT2D eigenvalue weighted by Gasteiger charge is -2.17. The minimum atomic E-state index is 0.269. The third-order valence-electron chi connectivity index (χ3n) is 3.68.